The molecule has 0 spiro atoms. The predicted molar refractivity (Wildman–Crippen MR) is 109 cm³/mol. The number of methoxy groups -OCH3 is 1. The van der Waals surface area contributed by atoms with Crippen LogP contribution in [-0.4, -0.2) is 50.8 Å². The average molecular weight is 447 g/mol. The monoisotopic (exact) mass is 447 g/mol. The lowest BCUT2D eigenvalue weighted by atomic mass is 10.1. The van der Waals surface area contributed by atoms with Crippen LogP contribution in [-0.2, 0) is 11.3 Å². The summed E-state index contributed by atoms with van der Waals surface area (Å²) >= 11 is 0. The molecule has 0 aliphatic carbocycles. The molecule has 136 valence electrons. The molecule has 1 aliphatic heterocycles. The molecule has 5 nitrogen and oxygen atoms in total. The maximum atomic E-state index is 5.75. The van der Waals surface area contributed by atoms with Crippen molar-refractivity contribution in [3.63, 3.8) is 0 Å². The van der Waals surface area contributed by atoms with Crippen LogP contribution in [0.2, 0.25) is 0 Å². The number of likely N-dealkylation sites (tertiary alicyclic amines) is 1. The molecule has 1 fully saturated rings. The van der Waals surface area contributed by atoms with Crippen LogP contribution in [0.1, 0.15) is 25.8 Å². The molecular formula is C18H30IN3O2. The summed E-state index contributed by atoms with van der Waals surface area (Å²) in [5, 5.41) is 3.45. The van der Waals surface area contributed by atoms with Gasteiger partial charge in [-0.05, 0) is 38.0 Å². The van der Waals surface area contributed by atoms with E-state index in [2.05, 4.69) is 27.3 Å². The molecule has 1 aliphatic rings. The number of rotatable bonds is 6. The molecule has 1 heterocycles. The summed E-state index contributed by atoms with van der Waals surface area (Å²) in [6.45, 7) is 7.68. The highest BCUT2D eigenvalue weighted by molar-refractivity contribution is 14.0. The molecule has 0 bridgehead atoms. The smallest absolute Gasteiger partial charge is 0.193 e. The van der Waals surface area contributed by atoms with Crippen LogP contribution in [0.5, 0.6) is 5.75 Å². The van der Waals surface area contributed by atoms with Crippen molar-refractivity contribution < 1.29 is 9.47 Å². The average Bonchev–Trinajstić information content (AvgIpc) is 2.96. The first-order chi connectivity index (χ1) is 11.1. The van der Waals surface area contributed by atoms with Gasteiger partial charge in [0.05, 0.1) is 12.7 Å². The summed E-state index contributed by atoms with van der Waals surface area (Å²) in [4.78, 5) is 6.71. The van der Waals surface area contributed by atoms with E-state index in [1.54, 1.807) is 7.11 Å². The quantitative estimate of drug-likeness (QED) is 0.414. The molecular weight excluding hydrogens is 417 g/mol. The first-order valence-corrected chi connectivity index (χ1v) is 8.32. The summed E-state index contributed by atoms with van der Waals surface area (Å²) in [6, 6.07) is 8.21. The number of guanidine groups is 1. The minimum atomic E-state index is 0. The topological polar surface area (TPSA) is 46.1 Å². The Bertz CT molecular complexity index is 523. The molecule has 0 radical (unpaired) electrons. The second-order valence-electron chi connectivity index (χ2n) is 6.27. The Morgan fingerprint density at radius 1 is 1.42 bits per heavy atom. The maximum absolute atomic E-state index is 5.75. The van der Waals surface area contributed by atoms with E-state index in [1.807, 2.05) is 33.0 Å². The fourth-order valence-corrected chi connectivity index (χ4v) is 2.91. The van der Waals surface area contributed by atoms with Crippen molar-refractivity contribution in [1.29, 1.82) is 0 Å². The van der Waals surface area contributed by atoms with E-state index in [0.717, 1.165) is 44.4 Å². The van der Waals surface area contributed by atoms with Gasteiger partial charge in [0.25, 0.3) is 0 Å². The lowest BCUT2D eigenvalue weighted by Crippen LogP contribution is -2.39. The molecule has 0 amide bonds. The third-order valence-electron chi connectivity index (χ3n) is 3.92. The first-order valence-electron chi connectivity index (χ1n) is 8.32. The first kappa shape index (κ1) is 21.0. The molecule has 24 heavy (non-hydrogen) atoms. The van der Waals surface area contributed by atoms with E-state index in [9.17, 15) is 0 Å². The lowest BCUT2D eigenvalue weighted by molar-refractivity contribution is 0.157. The van der Waals surface area contributed by atoms with Gasteiger partial charge in [-0.1, -0.05) is 12.1 Å². The molecule has 1 aromatic rings. The highest BCUT2D eigenvalue weighted by Gasteiger charge is 2.24. The van der Waals surface area contributed by atoms with E-state index < -0.39 is 0 Å². The van der Waals surface area contributed by atoms with Gasteiger partial charge in [0.1, 0.15) is 5.75 Å². The fourth-order valence-electron chi connectivity index (χ4n) is 2.91. The van der Waals surface area contributed by atoms with Gasteiger partial charge < -0.3 is 19.7 Å². The van der Waals surface area contributed by atoms with Crippen LogP contribution in [0, 0.1) is 5.92 Å². The zero-order valence-electron chi connectivity index (χ0n) is 15.1. The summed E-state index contributed by atoms with van der Waals surface area (Å²) < 4.78 is 11.0. The molecule has 0 saturated carbocycles. The summed E-state index contributed by atoms with van der Waals surface area (Å²) in [5.74, 6) is 2.47. The molecule has 1 saturated heterocycles. The number of hydrogen-bond donors (Lipinski definition) is 1. The molecule has 0 aromatic heterocycles. The van der Waals surface area contributed by atoms with Gasteiger partial charge in [0, 0.05) is 39.7 Å². The Morgan fingerprint density at radius 2 is 2.21 bits per heavy atom. The summed E-state index contributed by atoms with van der Waals surface area (Å²) in [7, 11) is 3.60. The molecule has 1 N–H and O–H groups in total. The number of benzene rings is 1. The van der Waals surface area contributed by atoms with Crippen molar-refractivity contribution in [3.05, 3.63) is 29.8 Å². The van der Waals surface area contributed by atoms with Crippen molar-refractivity contribution in [2.45, 2.75) is 32.9 Å². The Labute approximate surface area is 162 Å². The largest absolute Gasteiger partial charge is 0.491 e. The molecule has 1 aromatic carbocycles. The minimum Gasteiger partial charge on any atom is -0.491 e. The molecule has 1 atom stereocenters. The van der Waals surface area contributed by atoms with E-state index >= 15 is 0 Å². The van der Waals surface area contributed by atoms with Crippen molar-refractivity contribution >= 4 is 29.9 Å². The second kappa shape index (κ2) is 10.8. The van der Waals surface area contributed by atoms with Crippen LogP contribution in [0.25, 0.3) is 0 Å². The van der Waals surface area contributed by atoms with E-state index in [0.29, 0.717) is 5.92 Å². The van der Waals surface area contributed by atoms with Gasteiger partial charge in [-0.15, -0.1) is 24.0 Å². The van der Waals surface area contributed by atoms with E-state index in [4.69, 9.17) is 9.47 Å². The number of halogens is 1. The van der Waals surface area contributed by atoms with Crippen LogP contribution in [0.3, 0.4) is 0 Å². The van der Waals surface area contributed by atoms with Crippen LogP contribution < -0.4 is 10.1 Å². The molecule has 1 unspecified atom stereocenters. The zero-order chi connectivity index (χ0) is 16.7. The van der Waals surface area contributed by atoms with Gasteiger partial charge in [-0.25, -0.2) is 0 Å². The summed E-state index contributed by atoms with van der Waals surface area (Å²) in [6.07, 6.45) is 1.35. The third-order valence-corrected chi connectivity index (χ3v) is 3.92. The van der Waals surface area contributed by atoms with Crippen LogP contribution >= 0.6 is 24.0 Å². The third kappa shape index (κ3) is 6.47. The van der Waals surface area contributed by atoms with Crippen LogP contribution in [0.15, 0.2) is 29.3 Å². The van der Waals surface area contributed by atoms with Crippen molar-refractivity contribution in [2.75, 3.05) is 33.9 Å². The molecule has 6 heteroatoms. The normalized spacial score (nSPS) is 17.8. The van der Waals surface area contributed by atoms with Crippen LogP contribution in [0.4, 0.5) is 0 Å². The number of nitrogens with one attached hydrogen (secondary N) is 1. The Balaban J connectivity index is 0.00000288. The Kier molecular flexibility index (Phi) is 9.43. The number of ether oxygens (including phenoxy) is 2. The lowest BCUT2D eigenvalue weighted by Gasteiger charge is -2.22. The van der Waals surface area contributed by atoms with E-state index in [1.165, 1.54) is 5.56 Å². The standard InChI is InChI=1S/C18H29N3O2.HI/c1-14(2)23-17-7-5-6-15(10-17)11-20-18(19-3)21-9-8-16(12-21)13-22-4;/h5-7,10,14,16H,8-9,11-13H2,1-4H3,(H,19,20);1H. The molecule has 2 rings (SSSR count). The van der Waals surface area contributed by atoms with Crippen molar-refractivity contribution in [2.24, 2.45) is 10.9 Å². The van der Waals surface area contributed by atoms with Gasteiger partial charge in [0.15, 0.2) is 5.96 Å². The SMILES string of the molecule is CN=C(NCc1cccc(OC(C)C)c1)N1CCC(COC)C1.I. The number of aliphatic imine (C=N–C) groups is 1. The predicted octanol–water partition coefficient (Wildman–Crippen LogP) is 3.14. The fraction of sp³-hybridized carbons (Fsp3) is 0.611. The Hall–Kier alpha value is -1.02. The van der Waals surface area contributed by atoms with Gasteiger partial charge >= 0.3 is 0 Å². The second-order valence-corrected chi connectivity index (χ2v) is 6.27. The minimum absolute atomic E-state index is 0. The highest BCUT2D eigenvalue weighted by Crippen LogP contribution is 2.17. The van der Waals surface area contributed by atoms with Gasteiger partial charge in [-0.3, -0.25) is 4.99 Å². The summed E-state index contributed by atoms with van der Waals surface area (Å²) in [5.41, 5.74) is 1.19. The zero-order valence-corrected chi connectivity index (χ0v) is 17.4. The number of nitrogens with zero attached hydrogens (tertiary/aromatic N) is 2. The van der Waals surface area contributed by atoms with Gasteiger partial charge in [0.2, 0.25) is 0 Å². The maximum Gasteiger partial charge on any atom is 0.193 e. The number of hydrogen-bond acceptors (Lipinski definition) is 3. The van der Waals surface area contributed by atoms with Crippen molar-refractivity contribution in [3.8, 4) is 5.75 Å². The van der Waals surface area contributed by atoms with E-state index in [-0.39, 0.29) is 30.1 Å². The van der Waals surface area contributed by atoms with Crippen molar-refractivity contribution in [1.82, 2.24) is 10.2 Å². The van der Waals surface area contributed by atoms with Gasteiger partial charge in [-0.2, -0.15) is 0 Å². The highest BCUT2D eigenvalue weighted by atomic mass is 127. The Morgan fingerprint density at radius 3 is 2.88 bits per heavy atom.